The molecule has 11 nitrogen and oxygen atoms in total. The highest BCUT2D eigenvalue weighted by Gasteiger charge is 2.49. The molecule has 3 amide bonds. The minimum Gasteiger partial charge on any atom is -0.391 e. The second kappa shape index (κ2) is 9.26. The van der Waals surface area contributed by atoms with Gasteiger partial charge in [0.05, 0.1) is 24.2 Å². The van der Waals surface area contributed by atoms with Gasteiger partial charge >= 0.3 is 0 Å². The molecule has 0 spiro atoms. The zero-order chi connectivity index (χ0) is 21.9. The van der Waals surface area contributed by atoms with Gasteiger partial charge in [-0.15, -0.1) is 0 Å². The number of aliphatic hydroxyl groups excluding tert-OH is 2. The zero-order valence-corrected chi connectivity index (χ0v) is 16.8. The summed E-state index contributed by atoms with van der Waals surface area (Å²) in [7, 11) is 0. The van der Waals surface area contributed by atoms with Gasteiger partial charge in [-0.1, -0.05) is 0 Å². The molecule has 0 aliphatic carbocycles. The van der Waals surface area contributed by atoms with E-state index in [1.807, 2.05) is 0 Å². The van der Waals surface area contributed by atoms with Crippen molar-refractivity contribution in [2.75, 3.05) is 19.6 Å². The third-order valence-electron chi connectivity index (χ3n) is 5.70. The average Bonchev–Trinajstić information content (AvgIpc) is 3.38. The van der Waals surface area contributed by atoms with Crippen molar-refractivity contribution in [2.24, 2.45) is 17.4 Å². The van der Waals surface area contributed by atoms with E-state index in [2.05, 4.69) is 5.32 Å². The predicted molar refractivity (Wildman–Crippen MR) is 102 cm³/mol. The Bertz CT molecular complexity index is 651. The van der Waals surface area contributed by atoms with Gasteiger partial charge in [-0.3, -0.25) is 29.8 Å². The summed E-state index contributed by atoms with van der Waals surface area (Å²) in [6.45, 7) is 3.41. The number of imide groups is 1. The Hall–Kier alpha value is -1.92. The molecule has 2 saturated heterocycles. The van der Waals surface area contributed by atoms with Crippen LogP contribution in [0.25, 0.3) is 0 Å². The van der Waals surface area contributed by atoms with Crippen molar-refractivity contribution in [1.29, 1.82) is 0 Å². The fourth-order valence-corrected chi connectivity index (χ4v) is 3.64. The van der Waals surface area contributed by atoms with Crippen LogP contribution in [0.15, 0.2) is 0 Å². The average molecular weight is 413 g/mol. The molecule has 0 radical (unpaired) electrons. The minimum absolute atomic E-state index is 0.0191. The molecule has 164 valence electrons. The number of likely N-dealkylation sites (tertiary alicyclic amines) is 1. The number of nitrogens with one attached hydrogen (secondary N) is 1. The van der Waals surface area contributed by atoms with Crippen molar-refractivity contribution >= 4 is 24.0 Å². The summed E-state index contributed by atoms with van der Waals surface area (Å²) in [6, 6.07) is -1.80. The molecule has 0 aromatic carbocycles. The van der Waals surface area contributed by atoms with E-state index in [4.69, 9.17) is 11.5 Å². The fourth-order valence-electron chi connectivity index (χ4n) is 3.64. The van der Waals surface area contributed by atoms with Crippen LogP contribution in [0.2, 0.25) is 0 Å². The van der Waals surface area contributed by atoms with Crippen molar-refractivity contribution in [2.45, 2.75) is 63.1 Å². The van der Waals surface area contributed by atoms with Crippen molar-refractivity contribution in [3.8, 4) is 0 Å². The van der Waals surface area contributed by atoms with Gasteiger partial charge < -0.3 is 26.2 Å². The number of hydrogen-bond acceptors (Lipinski definition) is 9. The van der Waals surface area contributed by atoms with Crippen molar-refractivity contribution < 1.29 is 29.4 Å². The molecule has 0 aromatic heterocycles. The van der Waals surface area contributed by atoms with E-state index in [9.17, 15) is 29.4 Å². The molecule has 0 unspecified atom stereocenters. The number of rotatable bonds is 7. The first kappa shape index (κ1) is 23.4. The van der Waals surface area contributed by atoms with E-state index in [0.29, 0.717) is 17.9 Å². The van der Waals surface area contributed by atoms with Crippen LogP contribution in [-0.2, 0) is 19.2 Å². The number of nitrogens with zero attached hydrogens (tertiary/aromatic N) is 2. The molecule has 6 atom stereocenters. The highest BCUT2D eigenvalue weighted by Crippen LogP contribution is 2.25. The number of carbonyl (C=O) groups is 4. The summed E-state index contributed by atoms with van der Waals surface area (Å²) in [5.74, 6) is -2.68. The van der Waals surface area contributed by atoms with Gasteiger partial charge in [0.1, 0.15) is 6.04 Å². The van der Waals surface area contributed by atoms with Gasteiger partial charge in [-0.2, -0.15) is 0 Å². The maximum absolute atomic E-state index is 13.2. The first-order chi connectivity index (χ1) is 13.5. The highest BCUT2D eigenvalue weighted by atomic mass is 16.3. The van der Waals surface area contributed by atoms with Crippen LogP contribution in [0, 0.1) is 5.92 Å². The summed E-state index contributed by atoms with van der Waals surface area (Å²) < 4.78 is 0. The van der Waals surface area contributed by atoms with Crippen molar-refractivity contribution in [3.05, 3.63) is 0 Å². The van der Waals surface area contributed by atoms with Gasteiger partial charge in [0, 0.05) is 13.1 Å². The van der Waals surface area contributed by atoms with E-state index in [0.717, 1.165) is 6.42 Å². The summed E-state index contributed by atoms with van der Waals surface area (Å²) in [6.07, 6.45) is -0.884. The van der Waals surface area contributed by atoms with E-state index in [-0.39, 0.29) is 25.8 Å². The Labute approximate surface area is 169 Å². The van der Waals surface area contributed by atoms with Gasteiger partial charge in [0.2, 0.25) is 17.7 Å². The van der Waals surface area contributed by atoms with Crippen LogP contribution in [0.5, 0.6) is 0 Å². The molecule has 2 aliphatic heterocycles. The Kier molecular flexibility index (Phi) is 7.46. The molecule has 29 heavy (non-hydrogen) atoms. The SMILES string of the molecule is C[C@@H](O)[C@H](N)C(=O)N1CC[C@@H](C(=O)N(C(=O)[C@H]2CCCN2)[C@](N)(C=O)[C@@H](C)O)C1. The van der Waals surface area contributed by atoms with Crippen molar-refractivity contribution in [1.82, 2.24) is 15.1 Å². The molecule has 11 heteroatoms. The molecule has 7 N–H and O–H groups in total. The Balaban J connectivity index is 2.25. The summed E-state index contributed by atoms with van der Waals surface area (Å²) in [5.41, 5.74) is 9.48. The lowest BCUT2D eigenvalue weighted by Gasteiger charge is -2.39. The van der Waals surface area contributed by atoms with E-state index < -0.39 is 53.6 Å². The van der Waals surface area contributed by atoms with Crippen LogP contribution >= 0.6 is 0 Å². The largest absolute Gasteiger partial charge is 0.391 e. The number of aldehydes is 1. The van der Waals surface area contributed by atoms with Crippen LogP contribution in [0.1, 0.15) is 33.1 Å². The Morgan fingerprint density at radius 1 is 1.24 bits per heavy atom. The minimum atomic E-state index is -2.22. The van der Waals surface area contributed by atoms with E-state index in [1.54, 1.807) is 0 Å². The first-order valence-corrected chi connectivity index (χ1v) is 9.81. The zero-order valence-electron chi connectivity index (χ0n) is 16.8. The van der Waals surface area contributed by atoms with Gasteiger partial charge in [0.15, 0.2) is 11.9 Å². The van der Waals surface area contributed by atoms with Crippen LogP contribution in [0.4, 0.5) is 0 Å². The fraction of sp³-hybridized carbons (Fsp3) is 0.778. The molecule has 2 fully saturated rings. The summed E-state index contributed by atoms with van der Waals surface area (Å²) in [4.78, 5) is 52.3. The molecular weight excluding hydrogens is 382 g/mol. The third-order valence-corrected chi connectivity index (χ3v) is 5.70. The van der Waals surface area contributed by atoms with Crippen LogP contribution in [-0.4, -0.2) is 93.6 Å². The number of nitrogens with two attached hydrogens (primary N) is 2. The molecule has 2 heterocycles. The quantitative estimate of drug-likeness (QED) is 0.164. The van der Waals surface area contributed by atoms with E-state index in [1.165, 1.54) is 18.7 Å². The van der Waals surface area contributed by atoms with Gasteiger partial charge in [-0.05, 0) is 39.7 Å². The van der Waals surface area contributed by atoms with Crippen molar-refractivity contribution in [3.63, 3.8) is 0 Å². The topological polar surface area (TPSA) is 179 Å². The molecule has 0 aromatic rings. The Morgan fingerprint density at radius 3 is 2.38 bits per heavy atom. The first-order valence-electron chi connectivity index (χ1n) is 9.81. The third kappa shape index (κ3) is 4.64. The van der Waals surface area contributed by atoms with E-state index >= 15 is 0 Å². The highest BCUT2D eigenvalue weighted by molar-refractivity contribution is 6.02. The lowest BCUT2D eigenvalue weighted by atomic mass is 9.98. The maximum Gasteiger partial charge on any atom is 0.248 e. The second-order valence-electron chi connectivity index (χ2n) is 7.88. The number of carbonyl (C=O) groups excluding carboxylic acids is 4. The lowest BCUT2D eigenvalue weighted by molar-refractivity contribution is -0.163. The lowest BCUT2D eigenvalue weighted by Crippen LogP contribution is -2.70. The number of hydrogen-bond donors (Lipinski definition) is 5. The van der Waals surface area contributed by atoms with Crippen LogP contribution < -0.4 is 16.8 Å². The predicted octanol–water partition coefficient (Wildman–Crippen LogP) is -3.12. The smallest absolute Gasteiger partial charge is 0.248 e. The maximum atomic E-state index is 13.2. The number of aliphatic hydroxyl groups is 2. The summed E-state index contributed by atoms with van der Waals surface area (Å²) >= 11 is 0. The summed E-state index contributed by atoms with van der Waals surface area (Å²) in [5, 5.41) is 22.6. The normalized spacial score (nSPS) is 27.0. The van der Waals surface area contributed by atoms with Gasteiger partial charge in [-0.25, -0.2) is 0 Å². The molecule has 2 aliphatic rings. The molecular formula is C18H31N5O6. The molecule has 2 rings (SSSR count). The van der Waals surface area contributed by atoms with Crippen LogP contribution in [0.3, 0.4) is 0 Å². The second-order valence-corrected chi connectivity index (χ2v) is 7.88. The molecule has 0 saturated carbocycles. The number of amides is 3. The molecule has 0 bridgehead atoms. The Morgan fingerprint density at radius 2 is 1.90 bits per heavy atom. The van der Waals surface area contributed by atoms with Gasteiger partial charge in [0.25, 0.3) is 0 Å². The monoisotopic (exact) mass is 413 g/mol. The standard InChI is InChI=1S/C18H31N5O6/c1-10(25)14(19)17(29)22-7-5-12(8-22)15(27)23(18(20,9-24)11(2)26)16(28)13-4-3-6-21-13/h9-14,21,25-26H,3-8,19-20H2,1-2H3/t10-,11-,12-,13-,14+,18-/m1/s1.